The number of H-pyrrole nitrogens is 1. The van der Waals surface area contributed by atoms with Crippen LogP contribution in [0.3, 0.4) is 0 Å². The smallest absolute Gasteiger partial charge is 0.258 e. The normalized spacial score (nSPS) is 10.9. The van der Waals surface area contributed by atoms with Gasteiger partial charge in [0, 0.05) is 17.4 Å². The monoisotopic (exact) mass is 330 g/mol. The lowest BCUT2D eigenvalue weighted by Gasteiger charge is -2.09. The fourth-order valence-corrected chi connectivity index (χ4v) is 3.35. The first-order chi connectivity index (χ1) is 11.1. The molecule has 1 heterocycles. The van der Waals surface area contributed by atoms with Crippen molar-refractivity contribution in [2.24, 2.45) is 0 Å². The maximum atomic E-state index is 13.7. The summed E-state index contributed by atoms with van der Waals surface area (Å²) in [6.45, 7) is 0. The predicted molar refractivity (Wildman–Crippen MR) is 88.4 cm³/mol. The van der Waals surface area contributed by atoms with Crippen LogP contribution in [0.15, 0.2) is 52.3 Å². The minimum atomic E-state index is -0.437. The molecule has 0 amide bonds. The van der Waals surface area contributed by atoms with Gasteiger partial charge < -0.3 is 10.4 Å². The highest BCUT2D eigenvalue weighted by Gasteiger charge is 2.12. The summed E-state index contributed by atoms with van der Waals surface area (Å²) >= 11 is 1.22. The van der Waals surface area contributed by atoms with Crippen LogP contribution in [0.1, 0.15) is 11.1 Å². The Morgan fingerprint density at radius 1 is 1.13 bits per heavy atom. The summed E-state index contributed by atoms with van der Waals surface area (Å²) < 4.78 is 27.3. The summed E-state index contributed by atoms with van der Waals surface area (Å²) in [6, 6.07) is 10.4. The number of halogens is 2. The fourth-order valence-electron chi connectivity index (χ4n) is 2.32. The van der Waals surface area contributed by atoms with E-state index in [1.54, 1.807) is 18.2 Å². The lowest BCUT2D eigenvalue weighted by molar-refractivity contribution is 0.617. The first-order valence-corrected chi connectivity index (χ1v) is 7.81. The van der Waals surface area contributed by atoms with Crippen LogP contribution in [0.25, 0.3) is 10.8 Å². The number of benzene rings is 2. The molecule has 0 spiro atoms. The van der Waals surface area contributed by atoms with E-state index in [0.717, 1.165) is 6.21 Å². The average molecular weight is 330 g/mol. The summed E-state index contributed by atoms with van der Waals surface area (Å²) in [5, 5.41) is 8.82. The summed E-state index contributed by atoms with van der Waals surface area (Å²) in [4.78, 5) is 14.7. The van der Waals surface area contributed by atoms with Gasteiger partial charge in [-0.1, -0.05) is 24.3 Å². The topological polar surface area (TPSA) is 56.7 Å². The van der Waals surface area contributed by atoms with Crippen LogP contribution in [-0.4, -0.2) is 11.2 Å². The highest BCUT2D eigenvalue weighted by Crippen LogP contribution is 2.29. The van der Waals surface area contributed by atoms with Gasteiger partial charge in [-0.15, -0.1) is 11.8 Å². The van der Waals surface area contributed by atoms with Gasteiger partial charge in [0.2, 0.25) is 0 Å². The van der Waals surface area contributed by atoms with Crippen molar-refractivity contribution in [3.05, 3.63) is 75.6 Å². The maximum Gasteiger partial charge on any atom is 0.258 e. The minimum Gasteiger partial charge on any atom is -0.316 e. The van der Waals surface area contributed by atoms with E-state index in [9.17, 15) is 13.6 Å². The van der Waals surface area contributed by atoms with E-state index in [1.165, 1.54) is 36.0 Å². The van der Waals surface area contributed by atoms with Gasteiger partial charge in [0.15, 0.2) is 0 Å². The van der Waals surface area contributed by atoms with Crippen LogP contribution >= 0.6 is 11.8 Å². The van der Waals surface area contributed by atoms with Crippen LogP contribution in [-0.2, 0) is 5.75 Å². The molecular weight excluding hydrogens is 318 g/mol. The van der Waals surface area contributed by atoms with Crippen molar-refractivity contribution in [1.82, 2.24) is 4.98 Å². The van der Waals surface area contributed by atoms with Gasteiger partial charge in [-0.2, -0.15) is 0 Å². The molecule has 0 atom stereocenters. The molecule has 0 saturated carbocycles. The Bertz CT molecular complexity index is 953. The lowest BCUT2D eigenvalue weighted by atomic mass is 10.1. The maximum absolute atomic E-state index is 13.7. The highest BCUT2D eigenvalue weighted by molar-refractivity contribution is 7.98. The van der Waals surface area contributed by atoms with Crippen LogP contribution < -0.4 is 5.56 Å². The summed E-state index contributed by atoms with van der Waals surface area (Å²) in [5.74, 6) is -0.458. The van der Waals surface area contributed by atoms with Crippen molar-refractivity contribution in [2.75, 3.05) is 0 Å². The number of hydrogen-bond donors (Lipinski definition) is 2. The Hall–Kier alpha value is -2.47. The number of aromatic amines is 1. The quantitative estimate of drug-likeness (QED) is 0.559. The molecular formula is C17H12F2N2OS. The van der Waals surface area contributed by atoms with Gasteiger partial charge in [0.05, 0.1) is 10.6 Å². The second-order valence-corrected chi connectivity index (χ2v) is 5.90. The van der Waals surface area contributed by atoms with E-state index >= 15 is 0 Å². The molecule has 0 fully saturated rings. The van der Waals surface area contributed by atoms with E-state index in [2.05, 4.69) is 4.98 Å². The molecule has 0 saturated heterocycles. The highest BCUT2D eigenvalue weighted by atomic mass is 32.2. The second-order valence-electron chi connectivity index (χ2n) is 4.91. The van der Waals surface area contributed by atoms with Crippen LogP contribution in [0.2, 0.25) is 0 Å². The summed E-state index contributed by atoms with van der Waals surface area (Å²) in [7, 11) is 0. The molecule has 1 aromatic heterocycles. The first-order valence-electron chi connectivity index (χ1n) is 6.82. The Morgan fingerprint density at radius 3 is 2.65 bits per heavy atom. The van der Waals surface area contributed by atoms with Crippen molar-refractivity contribution in [2.45, 2.75) is 10.8 Å². The van der Waals surface area contributed by atoms with E-state index in [-0.39, 0.29) is 11.4 Å². The molecule has 0 unspecified atom stereocenters. The number of rotatable bonds is 4. The molecule has 0 aliphatic rings. The van der Waals surface area contributed by atoms with Crippen molar-refractivity contribution < 1.29 is 8.78 Å². The number of thioether (sulfide) groups is 1. The van der Waals surface area contributed by atoms with E-state index in [1.807, 2.05) is 0 Å². The van der Waals surface area contributed by atoms with Gasteiger partial charge >= 0.3 is 0 Å². The van der Waals surface area contributed by atoms with Gasteiger partial charge in [-0.25, -0.2) is 8.78 Å². The molecule has 0 aliphatic carbocycles. The van der Waals surface area contributed by atoms with Crippen LogP contribution in [0.5, 0.6) is 0 Å². The molecule has 2 N–H and O–H groups in total. The molecule has 6 heteroatoms. The van der Waals surface area contributed by atoms with Gasteiger partial charge in [0.25, 0.3) is 5.56 Å². The summed E-state index contributed by atoms with van der Waals surface area (Å²) in [5.41, 5.74) is 0.254. The lowest BCUT2D eigenvalue weighted by Crippen LogP contribution is -2.13. The van der Waals surface area contributed by atoms with Gasteiger partial charge in [0.1, 0.15) is 11.6 Å². The molecule has 0 radical (unpaired) electrons. The molecule has 0 aliphatic heterocycles. The van der Waals surface area contributed by atoms with Crippen molar-refractivity contribution in [3.8, 4) is 0 Å². The van der Waals surface area contributed by atoms with Crippen LogP contribution in [0.4, 0.5) is 8.78 Å². The van der Waals surface area contributed by atoms with Crippen molar-refractivity contribution in [3.63, 3.8) is 0 Å². The number of hydrogen-bond acceptors (Lipinski definition) is 3. The number of aromatic nitrogens is 1. The van der Waals surface area contributed by atoms with Crippen molar-refractivity contribution in [1.29, 1.82) is 5.41 Å². The zero-order valence-electron chi connectivity index (χ0n) is 11.9. The third kappa shape index (κ3) is 3.03. The Balaban J connectivity index is 2.07. The molecule has 0 bridgehead atoms. The molecule has 2 aromatic carbocycles. The zero-order chi connectivity index (χ0) is 16.4. The Morgan fingerprint density at radius 2 is 1.91 bits per heavy atom. The van der Waals surface area contributed by atoms with E-state index in [0.29, 0.717) is 27.1 Å². The standard InChI is InChI=1S/C17H12F2N2OS/c18-11-5-6-12-13(7-11)17(21-16(22)14(12)8-20)23-9-10-3-1-2-4-15(10)19/h1-8,20H,9H2,(H,21,22). The third-order valence-corrected chi connectivity index (χ3v) is 4.53. The first kappa shape index (κ1) is 15.4. The van der Waals surface area contributed by atoms with E-state index in [4.69, 9.17) is 5.41 Å². The Kier molecular flexibility index (Phi) is 4.25. The average Bonchev–Trinajstić information content (AvgIpc) is 2.54. The molecule has 3 aromatic rings. The molecule has 3 rings (SSSR count). The molecule has 3 nitrogen and oxygen atoms in total. The predicted octanol–water partition coefficient (Wildman–Crippen LogP) is 4.10. The second kappa shape index (κ2) is 6.34. The van der Waals surface area contributed by atoms with Gasteiger partial charge in [-0.3, -0.25) is 4.79 Å². The summed E-state index contributed by atoms with van der Waals surface area (Å²) in [6.07, 6.45) is 0.949. The van der Waals surface area contributed by atoms with Gasteiger partial charge in [-0.05, 0) is 29.1 Å². The van der Waals surface area contributed by atoms with E-state index < -0.39 is 11.4 Å². The largest absolute Gasteiger partial charge is 0.316 e. The minimum absolute atomic E-state index is 0.176. The zero-order valence-corrected chi connectivity index (χ0v) is 12.7. The number of fused-ring (bicyclic) bond motifs is 1. The fraction of sp³-hybridized carbons (Fsp3) is 0.0588. The number of pyridine rings is 1. The molecule has 23 heavy (non-hydrogen) atoms. The Labute approximate surface area is 134 Å². The number of nitrogens with one attached hydrogen (secondary N) is 2. The van der Waals surface area contributed by atoms with Crippen molar-refractivity contribution >= 4 is 28.7 Å². The SMILES string of the molecule is N=Cc1c(=O)[nH]c(SCc2ccccc2F)c2cc(F)ccc12. The third-order valence-electron chi connectivity index (χ3n) is 3.46. The molecule has 116 valence electrons. The van der Waals surface area contributed by atoms with Crippen LogP contribution in [0, 0.1) is 17.0 Å².